The van der Waals surface area contributed by atoms with E-state index in [4.69, 9.17) is 23.9 Å². The Kier molecular flexibility index (Phi) is 4.26. The van der Waals surface area contributed by atoms with Crippen LogP contribution in [0.3, 0.4) is 0 Å². The molecule has 1 aliphatic heterocycles. The van der Waals surface area contributed by atoms with Gasteiger partial charge in [-0.25, -0.2) is 4.98 Å². The Balaban J connectivity index is 1.88. The Morgan fingerprint density at radius 2 is 1.69 bits per heavy atom. The maximum atomic E-state index is 9.85. The van der Waals surface area contributed by atoms with Gasteiger partial charge < -0.3 is 24.1 Å². The molecule has 1 aromatic heterocycles. The van der Waals surface area contributed by atoms with E-state index in [-0.39, 0.29) is 6.61 Å². The van der Waals surface area contributed by atoms with Crippen LogP contribution in [0.1, 0.15) is 5.56 Å². The van der Waals surface area contributed by atoms with Crippen LogP contribution in [-0.2, 0) is 6.61 Å². The summed E-state index contributed by atoms with van der Waals surface area (Å²) in [7, 11) is 3.19. The second-order valence-corrected chi connectivity index (χ2v) is 5.91. The summed E-state index contributed by atoms with van der Waals surface area (Å²) in [5, 5.41) is 10.7. The van der Waals surface area contributed by atoms with E-state index >= 15 is 0 Å². The van der Waals surface area contributed by atoms with Gasteiger partial charge >= 0.3 is 0 Å². The lowest BCUT2D eigenvalue weighted by molar-refractivity contribution is 0.172. The first-order chi connectivity index (χ1) is 12.7. The minimum Gasteiger partial charge on any atom is -0.493 e. The molecule has 0 aliphatic carbocycles. The Bertz CT molecular complexity index is 970. The van der Waals surface area contributed by atoms with E-state index in [0.29, 0.717) is 36.2 Å². The average molecular weight is 353 g/mol. The first-order valence-corrected chi connectivity index (χ1v) is 8.30. The molecule has 2 aromatic carbocycles. The average Bonchev–Trinajstić information content (AvgIpc) is 2.70. The molecule has 1 N–H and O–H groups in total. The van der Waals surface area contributed by atoms with E-state index in [0.717, 1.165) is 27.7 Å². The molecule has 0 bridgehead atoms. The Morgan fingerprint density at radius 1 is 0.962 bits per heavy atom. The molecule has 0 unspecified atom stereocenters. The fourth-order valence-electron chi connectivity index (χ4n) is 3.11. The van der Waals surface area contributed by atoms with Crippen LogP contribution in [-0.4, -0.2) is 37.5 Å². The number of hydrogen-bond donors (Lipinski definition) is 1. The smallest absolute Gasteiger partial charge is 0.163 e. The number of rotatable bonds is 4. The van der Waals surface area contributed by atoms with Crippen molar-refractivity contribution >= 4 is 10.9 Å². The van der Waals surface area contributed by atoms with Crippen LogP contribution < -0.4 is 18.9 Å². The van der Waals surface area contributed by atoms with Gasteiger partial charge in [-0.15, -0.1) is 0 Å². The van der Waals surface area contributed by atoms with Gasteiger partial charge in [0.25, 0.3) is 0 Å². The molecule has 6 nitrogen and oxygen atoms in total. The number of methoxy groups -OCH3 is 2. The molecule has 26 heavy (non-hydrogen) atoms. The summed E-state index contributed by atoms with van der Waals surface area (Å²) in [6, 6.07) is 11.2. The third kappa shape index (κ3) is 2.78. The van der Waals surface area contributed by atoms with E-state index in [9.17, 15) is 5.11 Å². The van der Waals surface area contributed by atoms with Crippen molar-refractivity contribution in [2.24, 2.45) is 0 Å². The van der Waals surface area contributed by atoms with E-state index in [1.54, 1.807) is 14.2 Å². The van der Waals surface area contributed by atoms with E-state index < -0.39 is 0 Å². The number of aromatic nitrogens is 1. The molecule has 134 valence electrons. The summed E-state index contributed by atoms with van der Waals surface area (Å²) in [5.74, 6) is 2.63. The van der Waals surface area contributed by atoms with Gasteiger partial charge in [-0.3, -0.25) is 0 Å². The van der Waals surface area contributed by atoms with Gasteiger partial charge in [0.2, 0.25) is 0 Å². The maximum Gasteiger partial charge on any atom is 0.163 e. The molecule has 3 aromatic rings. The van der Waals surface area contributed by atoms with Crippen LogP contribution in [0, 0.1) is 0 Å². The van der Waals surface area contributed by atoms with Crippen LogP contribution in [0.5, 0.6) is 23.0 Å². The van der Waals surface area contributed by atoms with Crippen LogP contribution >= 0.6 is 0 Å². The molecule has 0 amide bonds. The highest BCUT2D eigenvalue weighted by atomic mass is 16.6. The fraction of sp³-hybridized carbons (Fsp3) is 0.250. The quantitative estimate of drug-likeness (QED) is 0.777. The van der Waals surface area contributed by atoms with Gasteiger partial charge in [-0.1, -0.05) is 0 Å². The second-order valence-electron chi connectivity index (χ2n) is 5.91. The van der Waals surface area contributed by atoms with Crippen LogP contribution in [0.2, 0.25) is 0 Å². The molecule has 6 heteroatoms. The first-order valence-electron chi connectivity index (χ1n) is 8.30. The van der Waals surface area contributed by atoms with Gasteiger partial charge in [0.1, 0.15) is 13.2 Å². The first kappa shape index (κ1) is 16.5. The lowest BCUT2D eigenvalue weighted by Crippen LogP contribution is -2.15. The van der Waals surface area contributed by atoms with Crippen molar-refractivity contribution in [3.05, 3.63) is 42.0 Å². The zero-order valence-corrected chi connectivity index (χ0v) is 14.6. The summed E-state index contributed by atoms with van der Waals surface area (Å²) < 4.78 is 22.0. The van der Waals surface area contributed by atoms with Crippen molar-refractivity contribution in [3.8, 4) is 34.3 Å². The van der Waals surface area contributed by atoms with E-state index in [1.807, 2.05) is 36.4 Å². The molecule has 0 radical (unpaired) electrons. The Hall–Kier alpha value is -2.99. The summed E-state index contributed by atoms with van der Waals surface area (Å²) in [4.78, 5) is 4.75. The molecule has 2 heterocycles. The second kappa shape index (κ2) is 6.72. The third-order valence-corrected chi connectivity index (χ3v) is 4.41. The number of pyridine rings is 1. The van der Waals surface area contributed by atoms with Crippen molar-refractivity contribution in [2.75, 3.05) is 27.4 Å². The molecular weight excluding hydrogens is 334 g/mol. The van der Waals surface area contributed by atoms with Gasteiger partial charge in [0.15, 0.2) is 23.0 Å². The van der Waals surface area contributed by atoms with Crippen LogP contribution in [0.15, 0.2) is 36.4 Å². The van der Waals surface area contributed by atoms with Gasteiger partial charge in [-0.05, 0) is 35.9 Å². The number of ether oxygens (including phenoxy) is 4. The zero-order chi connectivity index (χ0) is 18.1. The van der Waals surface area contributed by atoms with Crippen molar-refractivity contribution in [1.82, 2.24) is 4.98 Å². The minimum atomic E-state index is -0.0983. The van der Waals surface area contributed by atoms with Crippen molar-refractivity contribution < 1.29 is 24.1 Å². The molecule has 0 saturated heterocycles. The monoisotopic (exact) mass is 353 g/mol. The molecular formula is C20H19NO5. The lowest BCUT2D eigenvalue weighted by Gasteiger charge is -2.19. The predicted octanol–water partition coefficient (Wildman–Crippen LogP) is 3.18. The number of aliphatic hydroxyl groups is 1. The fourth-order valence-corrected chi connectivity index (χ4v) is 3.11. The molecule has 0 saturated carbocycles. The van der Waals surface area contributed by atoms with Gasteiger partial charge in [0.05, 0.1) is 32.0 Å². The third-order valence-electron chi connectivity index (χ3n) is 4.41. The summed E-state index contributed by atoms with van der Waals surface area (Å²) >= 11 is 0. The molecule has 4 rings (SSSR count). The normalized spacial score (nSPS) is 12.9. The highest BCUT2D eigenvalue weighted by molar-refractivity contribution is 5.88. The Morgan fingerprint density at radius 3 is 2.38 bits per heavy atom. The molecule has 0 atom stereocenters. The topological polar surface area (TPSA) is 70.0 Å². The van der Waals surface area contributed by atoms with Gasteiger partial charge in [-0.2, -0.15) is 0 Å². The maximum absolute atomic E-state index is 9.85. The highest BCUT2D eigenvalue weighted by Gasteiger charge is 2.16. The van der Waals surface area contributed by atoms with Crippen molar-refractivity contribution in [1.29, 1.82) is 0 Å². The van der Waals surface area contributed by atoms with E-state index in [1.165, 1.54) is 0 Å². The lowest BCUT2D eigenvalue weighted by atomic mass is 10.0. The van der Waals surface area contributed by atoms with Crippen LogP contribution in [0.25, 0.3) is 22.2 Å². The van der Waals surface area contributed by atoms with Crippen molar-refractivity contribution in [2.45, 2.75) is 6.61 Å². The number of benzene rings is 2. The van der Waals surface area contributed by atoms with Gasteiger partial charge in [0, 0.05) is 17.0 Å². The largest absolute Gasteiger partial charge is 0.493 e. The standard InChI is InChI=1S/C20H19NO5/c1-23-17-4-3-12(8-18(17)24-2)15-7-13(11-22)14-9-19-20(10-16(14)21-15)26-6-5-25-19/h3-4,7-10,22H,5-6,11H2,1-2H3. The number of nitrogens with zero attached hydrogens (tertiary/aromatic N) is 1. The number of fused-ring (bicyclic) bond motifs is 2. The summed E-state index contributed by atoms with van der Waals surface area (Å²) in [5.41, 5.74) is 3.12. The predicted molar refractivity (Wildman–Crippen MR) is 97.2 cm³/mol. The SMILES string of the molecule is COc1ccc(-c2cc(CO)c3cc4c(cc3n2)OCCO4)cc1OC. The van der Waals surface area contributed by atoms with E-state index in [2.05, 4.69) is 0 Å². The zero-order valence-electron chi connectivity index (χ0n) is 14.6. The molecule has 0 fully saturated rings. The highest BCUT2D eigenvalue weighted by Crippen LogP contribution is 2.37. The number of aliphatic hydroxyl groups excluding tert-OH is 1. The minimum absolute atomic E-state index is 0.0983. The summed E-state index contributed by atoms with van der Waals surface area (Å²) in [6.45, 7) is 0.934. The molecule has 1 aliphatic rings. The summed E-state index contributed by atoms with van der Waals surface area (Å²) in [6.07, 6.45) is 0. The molecule has 0 spiro atoms. The van der Waals surface area contributed by atoms with Crippen molar-refractivity contribution in [3.63, 3.8) is 0 Å². The van der Waals surface area contributed by atoms with Crippen LogP contribution in [0.4, 0.5) is 0 Å². The Labute approximate surface area is 150 Å². The number of hydrogen-bond acceptors (Lipinski definition) is 6.